The molecule has 0 saturated carbocycles. The molecule has 0 radical (unpaired) electrons. The fraction of sp³-hybridized carbons (Fsp3) is 0.250. The number of hydrogen-bond donors (Lipinski definition) is 1. The first-order valence-electron chi connectivity index (χ1n) is 8.10. The highest BCUT2D eigenvalue weighted by molar-refractivity contribution is 5.93. The van der Waals surface area contributed by atoms with Crippen molar-refractivity contribution in [2.75, 3.05) is 28.4 Å². The summed E-state index contributed by atoms with van der Waals surface area (Å²) in [6.45, 7) is 1.88. The molecule has 3 aromatic rings. The van der Waals surface area contributed by atoms with Gasteiger partial charge in [-0.1, -0.05) is 0 Å². The van der Waals surface area contributed by atoms with Crippen LogP contribution in [-0.2, 0) is 0 Å². The molecule has 7 nitrogen and oxygen atoms in total. The summed E-state index contributed by atoms with van der Waals surface area (Å²) in [5.41, 5.74) is 1.04. The third-order valence-corrected chi connectivity index (χ3v) is 4.31. The van der Waals surface area contributed by atoms with Crippen LogP contribution in [0.15, 0.2) is 33.5 Å². The Bertz CT molecular complexity index is 1070. The van der Waals surface area contributed by atoms with E-state index in [4.69, 9.17) is 23.4 Å². The largest absolute Gasteiger partial charge is 0.507 e. The summed E-state index contributed by atoms with van der Waals surface area (Å²) < 4.78 is 27.1. The number of fused-ring (bicyclic) bond motifs is 1. The standard InChI is InChI=1S/C20H20O7/c1-10-8-11(6-7-13(10)23-2)17-20(26-5)16(22)15-12(21)9-14(24-3)18(25-4)19(15)27-17/h6-9,21H,1-5H3. The minimum Gasteiger partial charge on any atom is -0.507 e. The quantitative estimate of drug-likeness (QED) is 0.733. The summed E-state index contributed by atoms with van der Waals surface area (Å²) in [4.78, 5) is 13.0. The van der Waals surface area contributed by atoms with Crippen LogP contribution in [0.4, 0.5) is 0 Å². The van der Waals surface area contributed by atoms with Gasteiger partial charge in [0.25, 0.3) is 0 Å². The first kappa shape index (κ1) is 18.4. The fourth-order valence-corrected chi connectivity index (χ4v) is 3.03. The summed E-state index contributed by atoms with van der Waals surface area (Å²) in [5, 5.41) is 10.3. The first-order chi connectivity index (χ1) is 13.0. The van der Waals surface area contributed by atoms with Crippen molar-refractivity contribution in [2.45, 2.75) is 6.92 Å². The van der Waals surface area contributed by atoms with Crippen molar-refractivity contribution in [2.24, 2.45) is 0 Å². The zero-order valence-corrected chi connectivity index (χ0v) is 15.7. The Morgan fingerprint density at radius 1 is 0.889 bits per heavy atom. The van der Waals surface area contributed by atoms with Crippen LogP contribution >= 0.6 is 0 Å². The van der Waals surface area contributed by atoms with E-state index >= 15 is 0 Å². The Morgan fingerprint density at radius 2 is 1.56 bits per heavy atom. The van der Waals surface area contributed by atoms with E-state index < -0.39 is 5.43 Å². The molecule has 0 saturated heterocycles. The first-order valence-corrected chi connectivity index (χ1v) is 8.10. The summed E-state index contributed by atoms with van der Waals surface area (Å²) >= 11 is 0. The molecule has 2 aromatic carbocycles. The Kier molecular flexibility index (Phi) is 4.85. The van der Waals surface area contributed by atoms with E-state index in [9.17, 15) is 9.90 Å². The molecule has 0 aliphatic heterocycles. The number of benzene rings is 2. The molecule has 142 valence electrons. The highest BCUT2D eigenvalue weighted by Crippen LogP contribution is 2.43. The Labute approximate surface area is 155 Å². The Morgan fingerprint density at radius 3 is 2.11 bits per heavy atom. The molecular weight excluding hydrogens is 352 g/mol. The average Bonchev–Trinajstić information content (AvgIpc) is 2.67. The van der Waals surface area contributed by atoms with Crippen LogP contribution in [0, 0.1) is 6.92 Å². The van der Waals surface area contributed by atoms with Gasteiger partial charge in [0.15, 0.2) is 17.1 Å². The molecule has 7 heteroatoms. The fourth-order valence-electron chi connectivity index (χ4n) is 3.03. The summed E-state index contributed by atoms with van der Waals surface area (Å²) in [7, 11) is 5.81. The van der Waals surface area contributed by atoms with Crippen LogP contribution in [0.1, 0.15) is 5.56 Å². The zero-order valence-electron chi connectivity index (χ0n) is 15.7. The molecule has 27 heavy (non-hydrogen) atoms. The highest BCUT2D eigenvalue weighted by atomic mass is 16.5. The van der Waals surface area contributed by atoms with Crippen molar-refractivity contribution in [3.05, 3.63) is 40.1 Å². The van der Waals surface area contributed by atoms with Crippen LogP contribution in [0.25, 0.3) is 22.3 Å². The number of rotatable bonds is 5. The second-order valence-electron chi connectivity index (χ2n) is 5.81. The van der Waals surface area contributed by atoms with E-state index in [2.05, 4.69) is 0 Å². The van der Waals surface area contributed by atoms with Gasteiger partial charge < -0.3 is 28.5 Å². The Balaban J connectivity index is 2.43. The number of phenols is 1. The number of aryl methyl sites for hydroxylation is 1. The molecule has 0 fully saturated rings. The summed E-state index contributed by atoms with van der Waals surface area (Å²) in [6, 6.07) is 6.65. The molecule has 1 aromatic heterocycles. The lowest BCUT2D eigenvalue weighted by molar-refractivity contribution is 0.348. The predicted molar refractivity (Wildman–Crippen MR) is 101 cm³/mol. The van der Waals surface area contributed by atoms with Crippen LogP contribution < -0.4 is 24.4 Å². The highest BCUT2D eigenvalue weighted by Gasteiger charge is 2.24. The molecule has 0 aliphatic rings. The van der Waals surface area contributed by atoms with Gasteiger partial charge in [-0.05, 0) is 30.7 Å². The van der Waals surface area contributed by atoms with Gasteiger partial charge in [-0.2, -0.15) is 0 Å². The minimum atomic E-state index is -0.513. The van der Waals surface area contributed by atoms with Gasteiger partial charge in [0.2, 0.25) is 16.9 Å². The normalized spacial score (nSPS) is 10.7. The van der Waals surface area contributed by atoms with Crippen LogP contribution in [0.3, 0.4) is 0 Å². The van der Waals surface area contributed by atoms with Crippen LogP contribution in [-0.4, -0.2) is 33.5 Å². The van der Waals surface area contributed by atoms with Crippen molar-refractivity contribution in [1.29, 1.82) is 0 Å². The molecule has 3 rings (SSSR count). The van der Waals surface area contributed by atoms with Crippen molar-refractivity contribution in [1.82, 2.24) is 0 Å². The second kappa shape index (κ2) is 7.11. The second-order valence-corrected chi connectivity index (χ2v) is 5.81. The number of ether oxygens (including phenoxy) is 4. The smallest absolute Gasteiger partial charge is 0.239 e. The average molecular weight is 372 g/mol. The lowest BCUT2D eigenvalue weighted by atomic mass is 10.1. The number of hydrogen-bond acceptors (Lipinski definition) is 7. The van der Waals surface area contributed by atoms with Crippen molar-refractivity contribution >= 4 is 11.0 Å². The molecular formula is C20H20O7. The number of aromatic hydroxyl groups is 1. The maximum absolute atomic E-state index is 13.0. The lowest BCUT2D eigenvalue weighted by Gasteiger charge is -2.15. The molecule has 0 amide bonds. The number of phenolic OH excluding ortho intramolecular Hbond substituents is 1. The van der Waals surface area contributed by atoms with Gasteiger partial charge in [0, 0.05) is 11.6 Å². The third-order valence-electron chi connectivity index (χ3n) is 4.31. The summed E-state index contributed by atoms with van der Waals surface area (Å²) in [6.07, 6.45) is 0. The molecule has 0 bridgehead atoms. The maximum Gasteiger partial charge on any atom is 0.239 e. The molecule has 1 N–H and O–H groups in total. The monoisotopic (exact) mass is 372 g/mol. The van der Waals surface area contributed by atoms with E-state index in [0.717, 1.165) is 5.56 Å². The topological polar surface area (TPSA) is 87.4 Å². The van der Waals surface area contributed by atoms with Gasteiger partial charge >= 0.3 is 0 Å². The number of methoxy groups -OCH3 is 4. The van der Waals surface area contributed by atoms with Crippen LogP contribution in [0.5, 0.6) is 28.7 Å². The molecule has 0 atom stereocenters. The van der Waals surface area contributed by atoms with E-state index in [1.54, 1.807) is 19.2 Å². The third kappa shape index (κ3) is 2.91. The maximum atomic E-state index is 13.0. The van der Waals surface area contributed by atoms with E-state index in [1.807, 2.05) is 13.0 Å². The summed E-state index contributed by atoms with van der Waals surface area (Å²) in [5.74, 6) is 1.07. The lowest BCUT2D eigenvalue weighted by Crippen LogP contribution is -2.09. The van der Waals surface area contributed by atoms with Crippen molar-refractivity contribution in [3.8, 4) is 40.1 Å². The minimum absolute atomic E-state index is 0.0189. The van der Waals surface area contributed by atoms with Crippen molar-refractivity contribution < 1.29 is 28.5 Å². The van der Waals surface area contributed by atoms with E-state index in [1.165, 1.54) is 27.4 Å². The molecule has 0 aliphatic carbocycles. The van der Waals surface area contributed by atoms with E-state index in [0.29, 0.717) is 11.3 Å². The van der Waals surface area contributed by atoms with Crippen LogP contribution in [0.2, 0.25) is 0 Å². The van der Waals surface area contributed by atoms with Crippen molar-refractivity contribution in [3.63, 3.8) is 0 Å². The van der Waals surface area contributed by atoms with Gasteiger partial charge in [-0.15, -0.1) is 0 Å². The molecule has 0 unspecified atom stereocenters. The zero-order chi connectivity index (χ0) is 19.7. The van der Waals surface area contributed by atoms with Gasteiger partial charge in [-0.3, -0.25) is 4.79 Å². The van der Waals surface area contributed by atoms with E-state index in [-0.39, 0.29) is 39.7 Å². The molecule has 1 heterocycles. The molecule has 0 spiro atoms. The predicted octanol–water partition coefficient (Wildman–Crippen LogP) is 3.51. The van der Waals surface area contributed by atoms with Gasteiger partial charge in [0.1, 0.15) is 16.9 Å². The van der Waals surface area contributed by atoms with Gasteiger partial charge in [0.05, 0.1) is 28.4 Å². The SMILES string of the molecule is COc1ccc(-c2oc3c(OC)c(OC)cc(O)c3c(=O)c2OC)cc1C. The Hall–Kier alpha value is -3.35. The van der Waals surface area contributed by atoms with Gasteiger partial charge in [-0.25, -0.2) is 0 Å².